The Morgan fingerprint density at radius 3 is 2.67 bits per heavy atom. The van der Waals surface area contributed by atoms with Crippen molar-refractivity contribution in [3.63, 3.8) is 0 Å². The number of aromatic nitrogens is 1. The van der Waals surface area contributed by atoms with Crippen molar-refractivity contribution >= 4 is 10.0 Å². The fraction of sp³-hybridized carbons (Fsp3) is 0.450. The molecule has 2 aliphatic rings. The van der Waals surface area contributed by atoms with Crippen molar-refractivity contribution in [1.29, 1.82) is 0 Å². The summed E-state index contributed by atoms with van der Waals surface area (Å²) in [6.07, 6.45) is 2.93. The predicted octanol–water partition coefficient (Wildman–Crippen LogP) is 2.83. The molecule has 4 rings (SSSR count). The molecule has 3 heterocycles. The SMILES string of the molecule is Cc1cnc2c(c1)S(=O)(=O)N(Cc1ccccc1C)CC1(CCOCC1)O2. The summed E-state index contributed by atoms with van der Waals surface area (Å²) in [6, 6.07) is 9.53. The second-order valence-electron chi connectivity index (χ2n) is 7.41. The predicted molar refractivity (Wildman–Crippen MR) is 101 cm³/mol. The molecule has 2 aliphatic heterocycles. The van der Waals surface area contributed by atoms with Gasteiger partial charge in [0.15, 0.2) is 0 Å². The van der Waals surface area contributed by atoms with Gasteiger partial charge in [-0.2, -0.15) is 4.31 Å². The molecular weight excluding hydrogens is 364 g/mol. The third-order valence-electron chi connectivity index (χ3n) is 5.36. The standard InChI is InChI=1S/C20H24N2O4S/c1-15-11-18-19(21-12-15)26-20(7-9-25-10-8-20)14-22(27(18,23)24)13-17-6-4-3-5-16(17)2/h3-6,11-12H,7-10,13-14H2,1-2H3. The summed E-state index contributed by atoms with van der Waals surface area (Å²) in [6.45, 7) is 5.55. The van der Waals surface area contributed by atoms with E-state index in [2.05, 4.69) is 4.98 Å². The van der Waals surface area contributed by atoms with Gasteiger partial charge in [0, 0.05) is 25.6 Å². The quantitative estimate of drug-likeness (QED) is 0.791. The average molecular weight is 388 g/mol. The zero-order valence-electron chi connectivity index (χ0n) is 15.6. The first-order chi connectivity index (χ1) is 12.9. The van der Waals surface area contributed by atoms with Gasteiger partial charge in [-0.25, -0.2) is 13.4 Å². The number of sulfonamides is 1. The number of rotatable bonds is 2. The van der Waals surface area contributed by atoms with E-state index < -0.39 is 15.6 Å². The normalized spacial score (nSPS) is 21.3. The molecule has 1 aromatic heterocycles. The van der Waals surface area contributed by atoms with Gasteiger partial charge >= 0.3 is 0 Å². The van der Waals surface area contributed by atoms with E-state index in [0.29, 0.717) is 39.1 Å². The Bertz CT molecular complexity index is 952. The number of hydrogen-bond donors (Lipinski definition) is 0. The van der Waals surface area contributed by atoms with E-state index in [1.807, 2.05) is 38.1 Å². The molecule has 0 radical (unpaired) electrons. The summed E-state index contributed by atoms with van der Waals surface area (Å²) in [5.41, 5.74) is 2.25. The summed E-state index contributed by atoms with van der Waals surface area (Å²) < 4.78 is 40.3. The van der Waals surface area contributed by atoms with Gasteiger partial charge in [-0.3, -0.25) is 0 Å². The molecule has 6 nitrogen and oxygen atoms in total. The number of pyridine rings is 1. The minimum absolute atomic E-state index is 0.152. The molecule has 0 bridgehead atoms. The monoisotopic (exact) mass is 388 g/mol. The molecule has 7 heteroatoms. The fourth-order valence-corrected chi connectivity index (χ4v) is 5.34. The van der Waals surface area contributed by atoms with Crippen molar-refractivity contribution in [2.45, 2.75) is 43.7 Å². The average Bonchev–Trinajstić information content (AvgIpc) is 2.72. The zero-order valence-corrected chi connectivity index (χ0v) is 16.5. The maximum atomic E-state index is 13.5. The molecular formula is C20H24N2O4S. The Kier molecular flexibility index (Phi) is 4.70. The van der Waals surface area contributed by atoms with Crippen molar-refractivity contribution in [2.24, 2.45) is 0 Å². The highest BCUT2D eigenvalue weighted by Crippen LogP contribution is 2.38. The number of ether oxygens (including phenoxy) is 2. The molecule has 27 heavy (non-hydrogen) atoms. The summed E-state index contributed by atoms with van der Waals surface area (Å²) in [4.78, 5) is 4.47. The van der Waals surface area contributed by atoms with Crippen LogP contribution >= 0.6 is 0 Å². The van der Waals surface area contributed by atoms with Crippen LogP contribution in [0.5, 0.6) is 5.88 Å². The molecule has 144 valence electrons. The summed E-state index contributed by atoms with van der Waals surface area (Å²) in [5, 5.41) is 0. The minimum Gasteiger partial charge on any atom is -0.468 e. The lowest BCUT2D eigenvalue weighted by molar-refractivity contribution is -0.0554. The van der Waals surface area contributed by atoms with Crippen LogP contribution in [0.1, 0.15) is 29.5 Å². The van der Waals surface area contributed by atoms with Crippen LogP contribution in [0, 0.1) is 13.8 Å². The van der Waals surface area contributed by atoms with Gasteiger partial charge in [-0.05, 0) is 36.6 Å². The molecule has 1 aromatic carbocycles. The van der Waals surface area contributed by atoms with Crippen molar-refractivity contribution in [2.75, 3.05) is 19.8 Å². The van der Waals surface area contributed by atoms with Gasteiger partial charge in [0.25, 0.3) is 0 Å². The van der Waals surface area contributed by atoms with Crippen molar-refractivity contribution < 1.29 is 17.9 Å². The second kappa shape index (κ2) is 6.89. The van der Waals surface area contributed by atoms with Crippen LogP contribution in [0.2, 0.25) is 0 Å². The highest BCUT2D eigenvalue weighted by molar-refractivity contribution is 7.89. The van der Waals surface area contributed by atoms with Gasteiger partial charge in [-0.15, -0.1) is 0 Å². The Hall–Kier alpha value is -1.96. The number of nitrogens with zero attached hydrogens (tertiary/aromatic N) is 2. The van der Waals surface area contributed by atoms with Crippen LogP contribution in [-0.4, -0.2) is 43.1 Å². The second-order valence-corrected chi connectivity index (χ2v) is 9.32. The molecule has 1 spiro atoms. The lowest BCUT2D eigenvalue weighted by Gasteiger charge is -2.38. The zero-order chi connectivity index (χ0) is 19.1. The molecule has 0 saturated carbocycles. The van der Waals surface area contributed by atoms with Crippen LogP contribution in [0.15, 0.2) is 41.4 Å². The van der Waals surface area contributed by atoms with Gasteiger partial charge in [0.2, 0.25) is 15.9 Å². The van der Waals surface area contributed by atoms with Gasteiger partial charge in [0.1, 0.15) is 10.5 Å². The number of hydrogen-bond acceptors (Lipinski definition) is 5. The Morgan fingerprint density at radius 1 is 1.19 bits per heavy atom. The first kappa shape index (κ1) is 18.4. The largest absolute Gasteiger partial charge is 0.468 e. The van der Waals surface area contributed by atoms with Gasteiger partial charge in [0.05, 0.1) is 19.8 Å². The molecule has 0 unspecified atom stereocenters. The molecule has 1 fully saturated rings. The summed E-state index contributed by atoms with van der Waals surface area (Å²) >= 11 is 0. The van der Waals surface area contributed by atoms with Crippen molar-refractivity contribution in [3.05, 3.63) is 53.2 Å². The smallest absolute Gasteiger partial charge is 0.248 e. The highest BCUT2D eigenvalue weighted by Gasteiger charge is 2.45. The van der Waals surface area contributed by atoms with Gasteiger partial charge in [-0.1, -0.05) is 24.3 Å². The van der Waals surface area contributed by atoms with E-state index in [-0.39, 0.29) is 10.8 Å². The summed E-state index contributed by atoms with van der Waals surface area (Å²) in [7, 11) is -3.73. The molecule has 1 saturated heterocycles. The number of aryl methyl sites for hydroxylation is 2. The van der Waals surface area contributed by atoms with Crippen molar-refractivity contribution in [3.8, 4) is 5.88 Å². The van der Waals surface area contributed by atoms with Crippen LogP contribution in [0.4, 0.5) is 0 Å². The van der Waals surface area contributed by atoms with Crippen LogP contribution in [-0.2, 0) is 21.3 Å². The lowest BCUT2D eigenvalue weighted by atomic mass is 9.93. The first-order valence-electron chi connectivity index (χ1n) is 9.18. The molecule has 0 aliphatic carbocycles. The van der Waals surface area contributed by atoms with E-state index >= 15 is 0 Å². The molecule has 0 amide bonds. The summed E-state index contributed by atoms with van der Waals surface area (Å²) in [5.74, 6) is 0.204. The lowest BCUT2D eigenvalue weighted by Crippen LogP contribution is -2.50. The Morgan fingerprint density at radius 2 is 1.93 bits per heavy atom. The molecule has 2 aromatic rings. The molecule has 0 N–H and O–H groups in total. The molecule has 0 atom stereocenters. The highest BCUT2D eigenvalue weighted by atomic mass is 32.2. The van der Waals surface area contributed by atoms with E-state index in [9.17, 15) is 8.42 Å². The maximum absolute atomic E-state index is 13.5. The third-order valence-corrected chi connectivity index (χ3v) is 7.15. The Balaban J connectivity index is 1.82. The Labute approximate surface area is 160 Å². The number of fused-ring (bicyclic) bond motifs is 1. The minimum atomic E-state index is -3.73. The number of benzene rings is 1. The van der Waals surface area contributed by atoms with E-state index in [4.69, 9.17) is 9.47 Å². The topological polar surface area (TPSA) is 68.7 Å². The van der Waals surface area contributed by atoms with Crippen LogP contribution in [0.3, 0.4) is 0 Å². The van der Waals surface area contributed by atoms with Crippen molar-refractivity contribution in [1.82, 2.24) is 9.29 Å². The third kappa shape index (κ3) is 3.47. The van der Waals surface area contributed by atoms with E-state index in [1.54, 1.807) is 16.6 Å². The first-order valence-corrected chi connectivity index (χ1v) is 10.6. The maximum Gasteiger partial charge on any atom is 0.248 e. The van der Waals surface area contributed by atoms with E-state index in [0.717, 1.165) is 16.7 Å². The van der Waals surface area contributed by atoms with E-state index in [1.165, 1.54) is 0 Å². The van der Waals surface area contributed by atoms with Gasteiger partial charge < -0.3 is 9.47 Å². The van der Waals surface area contributed by atoms with Crippen LogP contribution < -0.4 is 4.74 Å². The van der Waals surface area contributed by atoms with Crippen LogP contribution in [0.25, 0.3) is 0 Å². The fourth-order valence-electron chi connectivity index (χ4n) is 3.70.